The Morgan fingerprint density at radius 2 is 1.90 bits per heavy atom. The van der Waals surface area contributed by atoms with Crippen molar-refractivity contribution in [3.05, 3.63) is 30.2 Å². The van der Waals surface area contributed by atoms with Gasteiger partial charge in [0.2, 0.25) is 0 Å². The summed E-state index contributed by atoms with van der Waals surface area (Å²) in [6.07, 6.45) is 2.82. The molecule has 0 aliphatic heterocycles. The van der Waals surface area contributed by atoms with E-state index in [1.54, 1.807) is 13.0 Å². The average Bonchev–Trinajstić information content (AvgIpc) is 1.95. The Hall–Kier alpha value is -1.18. The van der Waals surface area contributed by atoms with Gasteiger partial charge in [0.05, 0.1) is 0 Å². The minimum absolute atomic E-state index is 0.0981. The Morgan fingerprint density at radius 1 is 1.20 bits per heavy atom. The number of hydrogen-bond acceptors (Lipinski definition) is 2. The lowest BCUT2D eigenvalue weighted by molar-refractivity contribution is 0.403. The number of phenolic OH excluding ortho intramolecular Hbond substituents is 2. The Balaban J connectivity index is 3.04. The van der Waals surface area contributed by atoms with E-state index in [1.807, 2.05) is 0 Å². The summed E-state index contributed by atoms with van der Waals surface area (Å²) in [4.78, 5) is 0. The fourth-order valence-electron chi connectivity index (χ4n) is 0.679. The molecule has 0 aromatic heterocycles. The van der Waals surface area contributed by atoms with Gasteiger partial charge >= 0.3 is 0 Å². The molecule has 0 aliphatic carbocycles. The third-order valence-corrected chi connectivity index (χ3v) is 1.26. The van der Waals surface area contributed by atoms with E-state index in [0.717, 1.165) is 5.56 Å². The number of phenols is 2. The lowest BCUT2D eigenvalue weighted by Gasteiger charge is -1.98. The molecule has 0 saturated carbocycles. The van der Waals surface area contributed by atoms with Crippen LogP contribution in [0.15, 0.2) is 18.2 Å². The van der Waals surface area contributed by atoms with Crippen molar-refractivity contribution >= 4 is 0 Å². The third-order valence-electron chi connectivity index (χ3n) is 1.26. The maximum absolute atomic E-state index is 8.94. The van der Waals surface area contributed by atoms with Crippen molar-refractivity contribution < 1.29 is 10.2 Å². The van der Waals surface area contributed by atoms with Gasteiger partial charge in [-0.3, -0.25) is 0 Å². The highest BCUT2D eigenvalue weighted by molar-refractivity contribution is 5.42. The van der Waals surface area contributed by atoms with Crippen LogP contribution in [-0.4, -0.2) is 10.2 Å². The maximum atomic E-state index is 8.94. The Bertz CT molecular complexity index is 231. The predicted molar refractivity (Wildman–Crippen MR) is 37.8 cm³/mol. The molecule has 1 aromatic carbocycles. The van der Waals surface area contributed by atoms with Crippen molar-refractivity contribution in [3.63, 3.8) is 0 Å². The second-order valence-electron chi connectivity index (χ2n) is 1.95. The van der Waals surface area contributed by atoms with Crippen LogP contribution in [0.25, 0.3) is 0 Å². The molecule has 0 unspecified atom stereocenters. The molecule has 2 heteroatoms. The van der Waals surface area contributed by atoms with Crippen LogP contribution in [0.5, 0.6) is 11.5 Å². The van der Waals surface area contributed by atoms with Gasteiger partial charge in [-0.2, -0.15) is 0 Å². The molecule has 0 amide bonds. The van der Waals surface area contributed by atoms with Crippen molar-refractivity contribution in [3.8, 4) is 11.5 Å². The minimum Gasteiger partial charge on any atom is -0.504 e. The highest BCUT2D eigenvalue weighted by Gasteiger charge is 1.97. The Kier molecular flexibility index (Phi) is 1.81. The number of hydrogen-bond donors (Lipinski definition) is 2. The van der Waals surface area contributed by atoms with Gasteiger partial charge in [-0.15, -0.1) is 0 Å². The molecule has 1 aromatic rings. The molecule has 2 radical (unpaired) electrons. The van der Waals surface area contributed by atoms with Crippen molar-refractivity contribution in [2.75, 3.05) is 0 Å². The second kappa shape index (κ2) is 2.60. The summed E-state index contributed by atoms with van der Waals surface area (Å²) in [6, 6.07) is 4.56. The van der Waals surface area contributed by atoms with Gasteiger partial charge in [-0.1, -0.05) is 13.0 Å². The second-order valence-corrected chi connectivity index (χ2v) is 1.95. The molecule has 0 aliphatic rings. The van der Waals surface area contributed by atoms with Gasteiger partial charge in [0, 0.05) is 6.42 Å². The van der Waals surface area contributed by atoms with Gasteiger partial charge < -0.3 is 10.2 Å². The third kappa shape index (κ3) is 1.21. The summed E-state index contributed by atoms with van der Waals surface area (Å²) in [7, 11) is 0. The van der Waals surface area contributed by atoms with Crippen LogP contribution < -0.4 is 0 Å². The number of aromatic hydroxyl groups is 2. The first-order valence-electron chi connectivity index (χ1n) is 2.94. The van der Waals surface area contributed by atoms with Crippen molar-refractivity contribution in [1.82, 2.24) is 0 Å². The van der Waals surface area contributed by atoms with E-state index in [2.05, 4.69) is 6.42 Å². The largest absolute Gasteiger partial charge is 0.504 e. The smallest absolute Gasteiger partial charge is 0.157 e. The summed E-state index contributed by atoms with van der Waals surface area (Å²) in [6.45, 7) is 1.74. The summed E-state index contributed by atoms with van der Waals surface area (Å²) >= 11 is 0. The standard InChI is InChI=1S/C8H8O2/c1-2-6-3-4-7(9)8(10)5-6/h3-5,9-10H,1H3. The molecule has 2 N–H and O–H groups in total. The quantitative estimate of drug-likeness (QED) is 0.575. The zero-order valence-corrected chi connectivity index (χ0v) is 5.63. The summed E-state index contributed by atoms with van der Waals surface area (Å²) in [5.41, 5.74) is 0.773. The maximum Gasteiger partial charge on any atom is 0.157 e. The summed E-state index contributed by atoms with van der Waals surface area (Å²) in [5.74, 6) is -0.203. The van der Waals surface area contributed by atoms with Crippen molar-refractivity contribution in [1.29, 1.82) is 0 Å². The predicted octanol–water partition coefficient (Wildman–Crippen LogP) is 1.55. The monoisotopic (exact) mass is 136 g/mol. The lowest BCUT2D eigenvalue weighted by atomic mass is 10.1. The van der Waals surface area contributed by atoms with E-state index in [9.17, 15) is 0 Å². The molecule has 10 heavy (non-hydrogen) atoms. The van der Waals surface area contributed by atoms with E-state index >= 15 is 0 Å². The number of rotatable bonds is 1. The fourth-order valence-corrected chi connectivity index (χ4v) is 0.679. The first-order chi connectivity index (χ1) is 4.74. The molecule has 52 valence electrons. The van der Waals surface area contributed by atoms with Crippen LogP contribution in [0.4, 0.5) is 0 Å². The van der Waals surface area contributed by atoms with Crippen LogP contribution in [0.1, 0.15) is 12.5 Å². The molecule has 0 heterocycles. The van der Waals surface area contributed by atoms with E-state index in [0.29, 0.717) is 0 Å². The van der Waals surface area contributed by atoms with Crippen molar-refractivity contribution in [2.24, 2.45) is 0 Å². The van der Waals surface area contributed by atoms with Crippen LogP contribution in [0.3, 0.4) is 0 Å². The minimum atomic E-state index is -0.105. The number of benzene rings is 1. The molecule has 0 spiro atoms. The topological polar surface area (TPSA) is 40.5 Å². The lowest BCUT2D eigenvalue weighted by Crippen LogP contribution is -1.75. The molecule has 1 rings (SSSR count). The van der Waals surface area contributed by atoms with Crippen LogP contribution in [0, 0.1) is 6.42 Å². The molecule has 0 bridgehead atoms. The van der Waals surface area contributed by atoms with Crippen LogP contribution in [-0.2, 0) is 0 Å². The van der Waals surface area contributed by atoms with Gasteiger partial charge in [-0.05, 0) is 17.7 Å². The SMILES string of the molecule is C[C]c1ccc(O)c(O)c1. The fraction of sp³-hybridized carbons (Fsp3) is 0.125. The normalized spacial score (nSPS) is 9.70. The molecule has 0 fully saturated rings. The first-order valence-corrected chi connectivity index (χ1v) is 2.94. The molecule has 2 nitrogen and oxygen atoms in total. The Morgan fingerprint density at radius 3 is 2.40 bits per heavy atom. The zero-order chi connectivity index (χ0) is 7.56. The van der Waals surface area contributed by atoms with Crippen molar-refractivity contribution in [2.45, 2.75) is 6.92 Å². The van der Waals surface area contributed by atoms with E-state index in [-0.39, 0.29) is 11.5 Å². The summed E-state index contributed by atoms with van der Waals surface area (Å²) in [5, 5.41) is 17.8. The molecule has 0 atom stereocenters. The Labute approximate surface area is 59.7 Å². The van der Waals surface area contributed by atoms with E-state index in [4.69, 9.17) is 10.2 Å². The molecular formula is C8H8O2. The zero-order valence-electron chi connectivity index (χ0n) is 5.63. The highest BCUT2D eigenvalue weighted by atomic mass is 16.3. The van der Waals surface area contributed by atoms with Gasteiger partial charge in [0.1, 0.15) is 0 Å². The summed E-state index contributed by atoms with van der Waals surface area (Å²) < 4.78 is 0. The molecular weight excluding hydrogens is 128 g/mol. The van der Waals surface area contributed by atoms with E-state index in [1.165, 1.54) is 12.1 Å². The van der Waals surface area contributed by atoms with Crippen LogP contribution in [0.2, 0.25) is 0 Å². The van der Waals surface area contributed by atoms with E-state index < -0.39 is 0 Å². The highest BCUT2D eigenvalue weighted by Crippen LogP contribution is 2.25. The van der Waals surface area contributed by atoms with Gasteiger partial charge in [0.25, 0.3) is 0 Å². The van der Waals surface area contributed by atoms with Crippen LogP contribution >= 0.6 is 0 Å². The molecule has 0 saturated heterocycles. The first kappa shape index (κ1) is 6.93. The van der Waals surface area contributed by atoms with Gasteiger partial charge in [0.15, 0.2) is 11.5 Å². The van der Waals surface area contributed by atoms with Gasteiger partial charge in [-0.25, -0.2) is 0 Å². The average molecular weight is 136 g/mol.